The largest absolute Gasteiger partial charge is 0.385 e. The van der Waals surface area contributed by atoms with Gasteiger partial charge in [0, 0.05) is 56.6 Å². The van der Waals surface area contributed by atoms with Crippen LogP contribution >= 0.6 is 15.9 Å². The van der Waals surface area contributed by atoms with Crippen LogP contribution in [0.3, 0.4) is 0 Å². The molecule has 2 aromatic rings. The van der Waals surface area contributed by atoms with Gasteiger partial charge in [-0.15, -0.1) is 0 Å². The number of amides is 1. The topological polar surface area (TPSA) is 63.6 Å². The fourth-order valence-electron chi connectivity index (χ4n) is 4.87. The SMILES string of the molecule is COCCCc1cc(Br)cc(CN(C(=O)[C@H]2CNCCC2c2ccn(C)c(=O)c2)C2CC2)c1. The van der Waals surface area contributed by atoms with Crippen LogP contribution in [0.1, 0.15) is 48.3 Å². The second kappa shape index (κ2) is 11.0. The Kier molecular flexibility index (Phi) is 8.04. The van der Waals surface area contributed by atoms with Gasteiger partial charge in [-0.3, -0.25) is 9.59 Å². The normalized spacial score (nSPS) is 20.6. The molecule has 1 saturated carbocycles. The molecule has 1 aromatic carbocycles. The summed E-state index contributed by atoms with van der Waals surface area (Å²) in [5.41, 5.74) is 3.38. The molecule has 1 aliphatic carbocycles. The number of nitrogens with zero attached hydrogens (tertiary/aromatic N) is 2. The van der Waals surface area contributed by atoms with E-state index >= 15 is 0 Å². The molecule has 0 spiro atoms. The first-order valence-electron chi connectivity index (χ1n) is 11.9. The summed E-state index contributed by atoms with van der Waals surface area (Å²) in [7, 11) is 3.49. The number of halogens is 1. The van der Waals surface area contributed by atoms with Gasteiger partial charge in [-0.05, 0) is 79.5 Å². The van der Waals surface area contributed by atoms with Crippen LogP contribution < -0.4 is 10.9 Å². The molecule has 0 radical (unpaired) electrons. The fourth-order valence-corrected chi connectivity index (χ4v) is 5.46. The molecule has 178 valence electrons. The highest BCUT2D eigenvalue weighted by molar-refractivity contribution is 9.10. The van der Waals surface area contributed by atoms with Crippen LogP contribution in [-0.2, 0) is 29.5 Å². The van der Waals surface area contributed by atoms with Gasteiger partial charge in [0.1, 0.15) is 0 Å². The number of ether oxygens (including phenoxy) is 1. The van der Waals surface area contributed by atoms with Gasteiger partial charge in [-0.25, -0.2) is 0 Å². The molecule has 7 heteroatoms. The molecular formula is C26H34BrN3O3. The number of rotatable bonds is 9. The van der Waals surface area contributed by atoms with E-state index in [0.717, 1.165) is 60.9 Å². The van der Waals surface area contributed by atoms with Crippen LogP contribution in [0.2, 0.25) is 0 Å². The molecule has 6 nitrogen and oxygen atoms in total. The molecule has 1 amide bonds. The molecule has 4 rings (SSSR count). The van der Waals surface area contributed by atoms with Crippen molar-refractivity contribution in [3.63, 3.8) is 0 Å². The number of pyridine rings is 1. The van der Waals surface area contributed by atoms with Crippen molar-refractivity contribution < 1.29 is 9.53 Å². The van der Waals surface area contributed by atoms with E-state index < -0.39 is 0 Å². The number of carbonyl (C=O) groups is 1. The monoisotopic (exact) mass is 515 g/mol. The minimum Gasteiger partial charge on any atom is -0.385 e. The number of carbonyl (C=O) groups excluding carboxylic acids is 1. The highest BCUT2D eigenvalue weighted by Gasteiger charge is 2.40. The Hall–Kier alpha value is -1.96. The van der Waals surface area contributed by atoms with Gasteiger partial charge in [0.05, 0.1) is 5.92 Å². The Balaban J connectivity index is 1.54. The zero-order chi connectivity index (χ0) is 23.4. The predicted molar refractivity (Wildman–Crippen MR) is 133 cm³/mol. The van der Waals surface area contributed by atoms with Crippen LogP contribution in [0, 0.1) is 5.92 Å². The minimum absolute atomic E-state index is 0.0218. The molecule has 0 bridgehead atoms. The molecule has 2 fully saturated rings. The van der Waals surface area contributed by atoms with Crippen LogP contribution in [-0.4, -0.2) is 48.2 Å². The van der Waals surface area contributed by atoms with Crippen molar-refractivity contribution in [2.45, 2.75) is 50.6 Å². The van der Waals surface area contributed by atoms with Gasteiger partial charge in [0.25, 0.3) is 5.56 Å². The summed E-state index contributed by atoms with van der Waals surface area (Å²) in [6, 6.07) is 10.5. The molecule has 33 heavy (non-hydrogen) atoms. The van der Waals surface area contributed by atoms with E-state index in [0.29, 0.717) is 19.1 Å². The first-order valence-corrected chi connectivity index (χ1v) is 12.7. The Morgan fingerprint density at radius 3 is 2.73 bits per heavy atom. The lowest BCUT2D eigenvalue weighted by atomic mass is 9.80. The van der Waals surface area contributed by atoms with E-state index in [1.54, 1.807) is 24.8 Å². The van der Waals surface area contributed by atoms with Gasteiger partial charge >= 0.3 is 0 Å². The number of aryl methyl sites for hydroxylation is 2. The summed E-state index contributed by atoms with van der Waals surface area (Å²) in [5.74, 6) is 0.122. The van der Waals surface area contributed by atoms with E-state index in [9.17, 15) is 9.59 Å². The van der Waals surface area contributed by atoms with Crippen molar-refractivity contribution in [1.82, 2.24) is 14.8 Å². The van der Waals surface area contributed by atoms with Crippen molar-refractivity contribution in [3.05, 3.63) is 68.0 Å². The third-order valence-electron chi connectivity index (χ3n) is 6.81. The van der Waals surface area contributed by atoms with Gasteiger partial charge in [0.15, 0.2) is 0 Å². The average molecular weight is 516 g/mol. The standard InChI is InChI=1S/C26H34BrN3O3/c1-29-10-8-20(15-25(29)31)23-7-9-28-16-24(23)26(32)30(22-5-6-22)17-19-12-18(4-3-11-33-2)13-21(27)14-19/h8,10,12-15,22-24,28H,3-7,9,11,16-17H2,1-2H3/t23?,24-/m0/s1. The smallest absolute Gasteiger partial charge is 0.250 e. The van der Waals surface area contributed by atoms with E-state index in [2.05, 4.69) is 44.3 Å². The van der Waals surface area contributed by atoms with Gasteiger partial charge in [-0.1, -0.05) is 22.0 Å². The maximum Gasteiger partial charge on any atom is 0.250 e. The summed E-state index contributed by atoms with van der Waals surface area (Å²) in [6.07, 6.45) is 6.74. The van der Waals surface area contributed by atoms with Crippen LogP contribution in [0.25, 0.3) is 0 Å². The first kappa shape index (κ1) is 24.2. The molecule has 2 heterocycles. The van der Waals surface area contributed by atoms with E-state index in [1.807, 2.05) is 12.3 Å². The van der Waals surface area contributed by atoms with Crippen LogP contribution in [0.15, 0.2) is 45.8 Å². The molecule has 2 atom stereocenters. The number of hydrogen-bond donors (Lipinski definition) is 1. The molecule has 2 aliphatic rings. The molecule has 1 saturated heterocycles. The van der Waals surface area contributed by atoms with E-state index in [4.69, 9.17) is 4.74 Å². The first-order chi connectivity index (χ1) is 16.0. The molecular weight excluding hydrogens is 482 g/mol. The Morgan fingerprint density at radius 2 is 2.00 bits per heavy atom. The number of piperidine rings is 1. The Labute approximate surface area is 204 Å². The highest BCUT2D eigenvalue weighted by atomic mass is 79.9. The number of hydrogen-bond acceptors (Lipinski definition) is 4. The number of nitrogens with one attached hydrogen (secondary N) is 1. The third kappa shape index (κ3) is 6.14. The fraction of sp³-hybridized carbons (Fsp3) is 0.538. The second-order valence-corrected chi connectivity index (χ2v) is 10.3. The summed E-state index contributed by atoms with van der Waals surface area (Å²) in [5, 5.41) is 3.42. The zero-order valence-corrected chi connectivity index (χ0v) is 21.1. The van der Waals surface area contributed by atoms with Gasteiger partial charge < -0.3 is 19.5 Å². The van der Waals surface area contributed by atoms with Crippen molar-refractivity contribution in [1.29, 1.82) is 0 Å². The van der Waals surface area contributed by atoms with Gasteiger partial charge in [-0.2, -0.15) is 0 Å². The lowest BCUT2D eigenvalue weighted by Gasteiger charge is -2.35. The van der Waals surface area contributed by atoms with Crippen molar-refractivity contribution in [2.24, 2.45) is 13.0 Å². The predicted octanol–water partition coefficient (Wildman–Crippen LogP) is 3.61. The van der Waals surface area contributed by atoms with Crippen molar-refractivity contribution >= 4 is 21.8 Å². The van der Waals surface area contributed by atoms with Crippen molar-refractivity contribution in [2.75, 3.05) is 26.8 Å². The number of benzene rings is 1. The Bertz CT molecular complexity index is 1030. The molecule has 1 N–H and O–H groups in total. The molecule has 1 aromatic heterocycles. The van der Waals surface area contributed by atoms with E-state index in [1.165, 1.54) is 5.56 Å². The molecule has 1 unspecified atom stereocenters. The maximum atomic E-state index is 13.9. The lowest BCUT2D eigenvalue weighted by Crippen LogP contribution is -2.47. The van der Waals surface area contributed by atoms with Crippen molar-refractivity contribution in [3.8, 4) is 0 Å². The second-order valence-electron chi connectivity index (χ2n) is 9.38. The minimum atomic E-state index is -0.153. The quantitative estimate of drug-likeness (QED) is 0.518. The summed E-state index contributed by atoms with van der Waals surface area (Å²) in [6.45, 7) is 2.89. The third-order valence-corrected chi connectivity index (χ3v) is 7.27. The number of methoxy groups -OCH3 is 1. The van der Waals surface area contributed by atoms with Crippen LogP contribution in [0.4, 0.5) is 0 Å². The molecule has 1 aliphatic heterocycles. The summed E-state index contributed by atoms with van der Waals surface area (Å²) < 4.78 is 7.82. The summed E-state index contributed by atoms with van der Waals surface area (Å²) in [4.78, 5) is 28.2. The maximum absolute atomic E-state index is 13.9. The van der Waals surface area contributed by atoms with Crippen LogP contribution in [0.5, 0.6) is 0 Å². The van der Waals surface area contributed by atoms with Gasteiger partial charge in [0.2, 0.25) is 5.91 Å². The van der Waals surface area contributed by atoms with E-state index in [-0.39, 0.29) is 23.3 Å². The highest BCUT2D eigenvalue weighted by Crippen LogP contribution is 2.36. The summed E-state index contributed by atoms with van der Waals surface area (Å²) >= 11 is 3.65. The number of aromatic nitrogens is 1. The average Bonchev–Trinajstić information content (AvgIpc) is 3.64. The lowest BCUT2D eigenvalue weighted by molar-refractivity contribution is -0.138. The Morgan fingerprint density at radius 1 is 1.21 bits per heavy atom. The zero-order valence-electron chi connectivity index (χ0n) is 19.6.